The van der Waals surface area contributed by atoms with Crippen LogP contribution in [0, 0.1) is 10.1 Å². The predicted octanol–water partition coefficient (Wildman–Crippen LogP) is 4.37. The van der Waals surface area contributed by atoms with E-state index in [2.05, 4.69) is 4.98 Å². The molecular weight excluding hydrogens is 336 g/mol. The van der Waals surface area contributed by atoms with E-state index in [1.165, 1.54) is 25.3 Å². The van der Waals surface area contributed by atoms with E-state index in [-0.39, 0.29) is 12.3 Å². The number of ether oxygens (including phenoxy) is 2. The number of hydrogen-bond acceptors (Lipinski definition) is 7. The SMILES string of the molecule is COc1ccc([N+](=O)[O-])cc1OCc1csc(-c2cccs2)n1. The van der Waals surface area contributed by atoms with Crippen LogP contribution in [0.15, 0.2) is 41.1 Å². The molecule has 6 nitrogen and oxygen atoms in total. The minimum Gasteiger partial charge on any atom is -0.493 e. The lowest BCUT2D eigenvalue weighted by Crippen LogP contribution is -1.99. The van der Waals surface area contributed by atoms with Crippen LogP contribution in [0.4, 0.5) is 5.69 Å². The topological polar surface area (TPSA) is 74.5 Å². The molecule has 118 valence electrons. The number of nitrogens with zero attached hydrogens (tertiary/aromatic N) is 2. The molecule has 0 spiro atoms. The van der Waals surface area contributed by atoms with Crippen LogP contribution in [-0.2, 0) is 6.61 Å². The Bertz CT molecular complexity index is 815. The van der Waals surface area contributed by atoms with Crippen molar-refractivity contribution >= 4 is 28.4 Å². The fourth-order valence-corrected chi connectivity index (χ4v) is 3.55. The zero-order valence-electron chi connectivity index (χ0n) is 12.1. The summed E-state index contributed by atoms with van der Waals surface area (Å²) in [5.74, 6) is 0.775. The second kappa shape index (κ2) is 6.76. The molecule has 0 amide bonds. The summed E-state index contributed by atoms with van der Waals surface area (Å²) in [5, 5.41) is 15.7. The van der Waals surface area contributed by atoms with Crippen molar-refractivity contribution in [1.29, 1.82) is 0 Å². The molecule has 0 saturated heterocycles. The van der Waals surface area contributed by atoms with Crippen LogP contribution in [0.5, 0.6) is 11.5 Å². The van der Waals surface area contributed by atoms with E-state index in [9.17, 15) is 10.1 Å². The summed E-state index contributed by atoms with van der Waals surface area (Å²) >= 11 is 3.17. The molecule has 0 bridgehead atoms. The van der Waals surface area contributed by atoms with Gasteiger partial charge in [0.05, 0.1) is 28.7 Å². The molecule has 0 unspecified atom stereocenters. The van der Waals surface area contributed by atoms with Crippen molar-refractivity contribution < 1.29 is 14.4 Å². The first kappa shape index (κ1) is 15.4. The monoisotopic (exact) mass is 348 g/mol. The maximum Gasteiger partial charge on any atom is 0.273 e. The maximum absolute atomic E-state index is 10.9. The van der Waals surface area contributed by atoms with Crippen molar-refractivity contribution in [1.82, 2.24) is 4.98 Å². The molecule has 23 heavy (non-hydrogen) atoms. The molecule has 1 aromatic carbocycles. The number of thiazole rings is 1. The zero-order chi connectivity index (χ0) is 16.2. The smallest absolute Gasteiger partial charge is 0.273 e. The lowest BCUT2D eigenvalue weighted by atomic mass is 10.3. The third kappa shape index (κ3) is 3.49. The summed E-state index contributed by atoms with van der Waals surface area (Å²) < 4.78 is 10.8. The van der Waals surface area contributed by atoms with E-state index in [0.29, 0.717) is 11.5 Å². The average molecular weight is 348 g/mol. The number of rotatable bonds is 6. The average Bonchev–Trinajstić information content (AvgIpc) is 3.23. The maximum atomic E-state index is 10.9. The largest absolute Gasteiger partial charge is 0.493 e. The van der Waals surface area contributed by atoms with Gasteiger partial charge in [0.2, 0.25) is 0 Å². The zero-order valence-corrected chi connectivity index (χ0v) is 13.7. The van der Waals surface area contributed by atoms with Crippen molar-refractivity contribution in [2.45, 2.75) is 6.61 Å². The third-order valence-corrected chi connectivity index (χ3v) is 4.95. The molecule has 0 aliphatic carbocycles. The molecule has 0 atom stereocenters. The second-order valence-corrected chi connectivity index (χ2v) is 6.31. The van der Waals surface area contributed by atoms with Gasteiger partial charge in [-0.2, -0.15) is 0 Å². The summed E-state index contributed by atoms with van der Waals surface area (Å²) in [5.41, 5.74) is 0.727. The molecule has 3 rings (SSSR count). The van der Waals surface area contributed by atoms with Crippen molar-refractivity contribution in [3.8, 4) is 21.4 Å². The quantitative estimate of drug-likeness (QED) is 0.488. The standard InChI is InChI=1S/C15H12N2O4S2/c1-20-12-5-4-11(17(18)19)7-13(12)21-8-10-9-23-15(16-10)14-3-2-6-22-14/h2-7,9H,8H2,1H3. The van der Waals surface area contributed by atoms with Gasteiger partial charge >= 0.3 is 0 Å². The van der Waals surface area contributed by atoms with Crippen molar-refractivity contribution in [2.24, 2.45) is 0 Å². The van der Waals surface area contributed by atoms with Gasteiger partial charge in [-0.25, -0.2) is 4.98 Å². The summed E-state index contributed by atoms with van der Waals surface area (Å²) in [6.45, 7) is 0.222. The van der Waals surface area contributed by atoms with Crippen LogP contribution in [-0.4, -0.2) is 17.0 Å². The van der Waals surface area contributed by atoms with E-state index >= 15 is 0 Å². The van der Waals surface area contributed by atoms with Gasteiger partial charge in [0.25, 0.3) is 5.69 Å². The first-order chi connectivity index (χ1) is 11.2. The Kier molecular flexibility index (Phi) is 4.54. The Hall–Kier alpha value is -2.45. The van der Waals surface area contributed by atoms with Crippen LogP contribution >= 0.6 is 22.7 Å². The molecular formula is C15H12N2O4S2. The highest BCUT2D eigenvalue weighted by Crippen LogP contribution is 2.32. The van der Waals surface area contributed by atoms with Gasteiger partial charge in [0.15, 0.2) is 11.5 Å². The number of nitro groups is 1. The van der Waals surface area contributed by atoms with Crippen LogP contribution in [0.1, 0.15) is 5.69 Å². The van der Waals surface area contributed by atoms with Crippen LogP contribution in [0.25, 0.3) is 9.88 Å². The minimum atomic E-state index is -0.468. The normalized spacial score (nSPS) is 10.5. The lowest BCUT2D eigenvalue weighted by molar-refractivity contribution is -0.385. The first-order valence-electron chi connectivity index (χ1n) is 6.61. The van der Waals surface area contributed by atoms with E-state index < -0.39 is 4.92 Å². The van der Waals surface area contributed by atoms with Crippen LogP contribution in [0.3, 0.4) is 0 Å². The number of non-ortho nitro benzene ring substituents is 1. The number of aromatic nitrogens is 1. The van der Waals surface area contributed by atoms with Crippen molar-refractivity contribution in [3.63, 3.8) is 0 Å². The highest BCUT2D eigenvalue weighted by atomic mass is 32.1. The van der Waals surface area contributed by atoms with E-state index in [1.807, 2.05) is 22.9 Å². The fourth-order valence-electron chi connectivity index (χ4n) is 1.93. The van der Waals surface area contributed by atoms with Gasteiger partial charge in [-0.1, -0.05) is 6.07 Å². The predicted molar refractivity (Wildman–Crippen MR) is 89.4 cm³/mol. The van der Waals surface area contributed by atoms with E-state index in [1.54, 1.807) is 22.7 Å². The minimum absolute atomic E-state index is 0.0432. The molecule has 0 saturated carbocycles. The summed E-state index contributed by atoms with van der Waals surface area (Å²) in [6.07, 6.45) is 0. The van der Waals surface area contributed by atoms with E-state index in [0.717, 1.165) is 15.6 Å². The van der Waals surface area contributed by atoms with Gasteiger partial charge in [-0.05, 0) is 17.5 Å². The Morgan fingerprint density at radius 1 is 1.26 bits per heavy atom. The highest BCUT2D eigenvalue weighted by molar-refractivity contribution is 7.20. The lowest BCUT2D eigenvalue weighted by Gasteiger charge is -2.09. The summed E-state index contributed by atoms with van der Waals surface area (Å²) in [6, 6.07) is 8.24. The van der Waals surface area contributed by atoms with Gasteiger partial charge in [0, 0.05) is 11.4 Å². The number of hydrogen-bond donors (Lipinski definition) is 0. The van der Waals surface area contributed by atoms with E-state index in [4.69, 9.17) is 9.47 Å². The van der Waals surface area contributed by atoms with Gasteiger partial charge in [0.1, 0.15) is 11.6 Å². The molecule has 0 aliphatic rings. The number of methoxy groups -OCH3 is 1. The van der Waals surface area contributed by atoms with Gasteiger partial charge in [-0.15, -0.1) is 22.7 Å². The Labute approximate surface area is 140 Å². The van der Waals surface area contributed by atoms with Gasteiger partial charge in [-0.3, -0.25) is 10.1 Å². The molecule has 0 radical (unpaired) electrons. The molecule has 0 aliphatic heterocycles. The fraction of sp³-hybridized carbons (Fsp3) is 0.133. The molecule has 8 heteroatoms. The van der Waals surface area contributed by atoms with Crippen molar-refractivity contribution in [2.75, 3.05) is 7.11 Å². The number of benzene rings is 1. The Morgan fingerprint density at radius 3 is 2.83 bits per heavy atom. The van der Waals surface area contributed by atoms with Crippen LogP contribution < -0.4 is 9.47 Å². The number of nitro benzene ring substituents is 1. The van der Waals surface area contributed by atoms with Crippen LogP contribution in [0.2, 0.25) is 0 Å². The first-order valence-corrected chi connectivity index (χ1v) is 8.37. The van der Waals surface area contributed by atoms with Crippen molar-refractivity contribution in [3.05, 3.63) is 56.9 Å². The third-order valence-electron chi connectivity index (χ3n) is 3.02. The highest BCUT2D eigenvalue weighted by Gasteiger charge is 2.13. The number of thiophene rings is 1. The Morgan fingerprint density at radius 2 is 2.13 bits per heavy atom. The molecule has 0 fully saturated rings. The Balaban J connectivity index is 1.75. The van der Waals surface area contributed by atoms with Gasteiger partial charge < -0.3 is 9.47 Å². The summed E-state index contributed by atoms with van der Waals surface area (Å²) in [4.78, 5) is 16.0. The molecule has 3 aromatic rings. The molecule has 2 heterocycles. The second-order valence-electron chi connectivity index (χ2n) is 4.50. The summed E-state index contributed by atoms with van der Waals surface area (Å²) in [7, 11) is 1.49. The molecule has 2 aromatic heterocycles. The molecule has 0 N–H and O–H groups in total.